The Morgan fingerprint density at radius 1 is 1.17 bits per heavy atom. The average molecular weight is 391 g/mol. The molecule has 2 rings (SSSR count). The SMILES string of the molecule is Cc1ccccc1CC(Cl)c1ccc(I)c(Cl)c1. The van der Waals surface area contributed by atoms with Crippen molar-refractivity contribution in [3.63, 3.8) is 0 Å². The molecule has 18 heavy (non-hydrogen) atoms. The fourth-order valence-electron chi connectivity index (χ4n) is 1.86. The van der Waals surface area contributed by atoms with E-state index in [1.165, 1.54) is 11.1 Å². The molecule has 0 fully saturated rings. The van der Waals surface area contributed by atoms with Crippen molar-refractivity contribution in [1.82, 2.24) is 0 Å². The second-order valence-corrected chi connectivity index (χ2v) is 6.37. The van der Waals surface area contributed by atoms with Crippen molar-refractivity contribution in [2.45, 2.75) is 18.7 Å². The molecule has 2 aromatic rings. The van der Waals surface area contributed by atoms with Gasteiger partial charge in [-0.3, -0.25) is 0 Å². The number of benzene rings is 2. The molecule has 1 atom stereocenters. The highest BCUT2D eigenvalue weighted by molar-refractivity contribution is 14.1. The third-order valence-electron chi connectivity index (χ3n) is 2.97. The van der Waals surface area contributed by atoms with Crippen LogP contribution in [0.4, 0.5) is 0 Å². The normalized spacial score (nSPS) is 12.4. The Bertz CT molecular complexity index is 552. The van der Waals surface area contributed by atoms with Crippen molar-refractivity contribution in [2.75, 3.05) is 0 Å². The largest absolute Gasteiger partial charge is 0.117 e. The van der Waals surface area contributed by atoms with E-state index < -0.39 is 0 Å². The van der Waals surface area contributed by atoms with Gasteiger partial charge in [0.15, 0.2) is 0 Å². The lowest BCUT2D eigenvalue weighted by Gasteiger charge is -2.12. The highest BCUT2D eigenvalue weighted by Crippen LogP contribution is 2.29. The number of hydrogen-bond donors (Lipinski definition) is 0. The summed E-state index contributed by atoms with van der Waals surface area (Å²) in [7, 11) is 0. The molecule has 0 aliphatic rings. The standard InChI is InChI=1S/C15H13Cl2I/c1-10-4-2-3-5-11(10)8-13(16)12-6-7-15(18)14(17)9-12/h2-7,9,13H,8H2,1H3. The van der Waals surface area contributed by atoms with Gasteiger partial charge in [-0.15, -0.1) is 11.6 Å². The van der Waals surface area contributed by atoms with Gasteiger partial charge in [0.1, 0.15) is 0 Å². The van der Waals surface area contributed by atoms with Crippen molar-refractivity contribution in [1.29, 1.82) is 0 Å². The van der Waals surface area contributed by atoms with Crippen LogP contribution >= 0.6 is 45.8 Å². The van der Waals surface area contributed by atoms with Gasteiger partial charge in [0.05, 0.1) is 10.4 Å². The number of aryl methyl sites for hydroxylation is 1. The Labute approximate surface area is 131 Å². The Morgan fingerprint density at radius 3 is 2.56 bits per heavy atom. The van der Waals surface area contributed by atoms with Gasteiger partial charge in [0.2, 0.25) is 0 Å². The number of rotatable bonds is 3. The Kier molecular flexibility index (Phi) is 4.93. The second kappa shape index (κ2) is 6.27. The Balaban J connectivity index is 2.19. The molecule has 0 bridgehead atoms. The van der Waals surface area contributed by atoms with E-state index in [1.807, 2.05) is 30.3 Å². The molecule has 1 unspecified atom stereocenters. The lowest BCUT2D eigenvalue weighted by Crippen LogP contribution is -1.98. The first-order valence-corrected chi connectivity index (χ1v) is 7.61. The summed E-state index contributed by atoms with van der Waals surface area (Å²) < 4.78 is 1.05. The summed E-state index contributed by atoms with van der Waals surface area (Å²) in [6.07, 6.45) is 0.825. The first kappa shape index (κ1) is 14.2. The summed E-state index contributed by atoms with van der Waals surface area (Å²) in [5, 5.41) is 0.726. The van der Waals surface area contributed by atoms with Gasteiger partial charge in [-0.1, -0.05) is 41.9 Å². The molecule has 3 heteroatoms. The predicted molar refractivity (Wildman–Crippen MR) is 87.6 cm³/mol. The van der Waals surface area contributed by atoms with Crippen LogP contribution in [0.25, 0.3) is 0 Å². The van der Waals surface area contributed by atoms with Crippen LogP contribution in [0.15, 0.2) is 42.5 Å². The molecule has 0 heterocycles. The monoisotopic (exact) mass is 390 g/mol. The Hall–Kier alpha value is -0.250. The van der Waals surface area contributed by atoms with Crippen molar-refractivity contribution in [3.05, 3.63) is 67.7 Å². The quantitative estimate of drug-likeness (QED) is 0.460. The molecule has 0 nitrogen and oxygen atoms in total. The van der Waals surface area contributed by atoms with Gasteiger partial charge in [0, 0.05) is 3.57 Å². The summed E-state index contributed by atoms with van der Waals surface area (Å²) in [5.74, 6) is 0. The van der Waals surface area contributed by atoms with Crippen LogP contribution in [-0.2, 0) is 6.42 Å². The minimum Gasteiger partial charge on any atom is -0.117 e. The zero-order valence-corrected chi connectivity index (χ0v) is 13.6. The average Bonchev–Trinajstić information content (AvgIpc) is 2.35. The van der Waals surface area contributed by atoms with E-state index in [-0.39, 0.29) is 5.38 Å². The van der Waals surface area contributed by atoms with Crippen LogP contribution in [-0.4, -0.2) is 0 Å². The fraction of sp³-hybridized carbons (Fsp3) is 0.200. The highest BCUT2D eigenvalue weighted by atomic mass is 127. The zero-order valence-electron chi connectivity index (χ0n) is 9.96. The van der Waals surface area contributed by atoms with E-state index in [4.69, 9.17) is 23.2 Å². The molecule has 0 radical (unpaired) electrons. The summed E-state index contributed by atoms with van der Waals surface area (Å²) >= 11 is 14.8. The van der Waals surface area contributed by atoms with Crippen molar-refractivity contribution in [2.24, 2.45) is 0 Å². The van der Waals surface area contributed by atoms with Crippen molar-refractivity contribution < 1.29 is 0 Å². The maximum atomic E-state index is 6.48. The molecular weight excluding hydrogens is 378 g/mol. The molecule has 0 saturated carbocycles. The van der Waals surface area contributed by atoms with Crippen LogP contribution in [0.5, 0.6) is 0 Å². The van der Waals surface area contributed by atoms with Crippen LogP contribution in [0.3, 0.4) is 0 Å². The van der Waals surface area contributed by atoms with Crippen LogP contribution in [0.2, 0.25) is 5.02 Å². The molecular formula is C15H13Cl2I. The van der Waals surface area contributed by atoms with Gasteiger partial charge in [-0.2, -0.15) is 0 Å². The number of halogens is 3. The van der Waals surface area contributed by atoms with Crippen LogP contribution in [0.1, 0.15) is 22.1 Å². The molecule has 94 valence electrons. The van der Waals surface area contributed by atoms with Crippen molar-refractivity contribution >= 4 is 45.8 Å². The fourth-order valence-corrected chi connectivity index (χ4v) is 2.68. The van der Waals surface area contributed by atoms with Crippen LogP contribution in [0, 0.1) is 10.5 Å². The van der Waals surface area contributed by atoms with E-state index in [0.717, 1.165) is 20.6 Å². The summed E-state index contributed by atoms with van der Waals surface area (Å²) in [4.78, 5) is 0. The molecule has 0 saturated heterocycles. The first-order chi connectivity index (χ1) is 8.58. The smallest absolute Gasteiger partial charge is 0.0626 e. The molecule has 0 aliphatic heterocycles. The molecule has 0 aromatic heterocycles. The van der Waals surface area contributed by atoms with Gasteiger partial charge in [-0.05, 0) is 64.8 Å². The molecule has 0 amide bonds. The van der Waals surface area contributed by atoms with E-state index in [9.17, 15) is 0 Å². The molecule has 2 aromatic carbocycles. The van der Waals surface area contributed by atoms with E-state index in [1.54, 1.807) is 0 Å². The molecule has 0 aliphatic carbocycles. The first-order valence-electron chi connectivity index (χ1n) is 5.71. The summed E-state index contributed by atoms with van der Waals surface area (Å²) in [6.45, 7) is 2.11. The van der Waals surface area contributed by atoms with Crippen LogP contribution < -0.4 is 0 Å². The Morgan fingerprint density at radius 2 is 1.89 bits per heavy atom. The predicted octanol–water partition coefficient (Wildman–Crippen LogP) is 5.78. The molecule has 0 N–H and O–H groups in total. The number of alkyl halides is 1. The minimum atomic E-state index is -0.0411. The lowest BCUT2D eigenvalue weighted by atomic mass is 10.0. The van der Waals surface area contributed by atoms with E-state index in [2.05, 4.69) is 41.6 Å². The van der Waals surface area contributed by atoms with Gasteiger partial charge in [0.25, 0.3) is 0 Å². The maximum absolute atomic E-state index is 6.48. The third kappa shape index (κ3) is 3.40. The maximum Gasteiger partial charge on any atom is 0.0626 e. The van der Waals surface area contributed by atoms with E-state index >= 15 is 0 Å². The molecule has 0 spiro atoms. The zero-order chi connectivity index (χ0) is 13.1. The van der Waals surface area contributed by atoms with Crippen molar-refractivity contribution in [3.8, 4) is 0 Å². The topological polar surface area (TPSA) is 0 Å². The van der Waals surface area contributed by atoms with E-state index in [0.29, 0.717) is 0 Å². The highest BCUT2D eigenvalue weighted by Gasteiger charge is 2.11. The van der Waals surface area contributed by atoms with Gasteiger partial charge < -0.3 is 0 Å². The van der Waals surface area contributed by atoms with Gasteiger partial charge >= 0.3 is 0 Å². The number of hydrogen-bond acceptors (Lipinski definition) is 0. The van der Waals surface area contributed by atoms with Gasteiger partial charge in [-0.25, -0.2) is 0 Å². The third-order valence-corrected chi connectivity index (χ3v) is 4.94. The summed E-state index contributed by atoms with van der Waals surface area (Å²) in [5.41, 5.74) is 3.64. The minimum absolute atomic E-state index is 0.0411. The second-order valence-electron chi connectivity index (χ2n) is 4.27. The lowest BCUT2D eigenvalue weighted by molar-refractivity contribution is 0.910. The summed E-state index contributed by atoms with van der Waals surface area (Å²) in [6, 6.07) is 14.3.